The lowest BCUT2D eigenvalue weighted by molar-refractivity contribution is -0.117. The molecule has 5 heteroatoms. The first-order chi connectivity index (χ1) is 12.7. The van der Waals surface area contributed by atoms with E-state index in [1.54, 1.807) is 36.3 Å². The Morgan fingerprint density at radius 2 is 1.77 bits per heavy atom. The first kappa shape index (κ1) is 18.1. The molecule has 2 aromatic rings. The zero-order valence-electron chi connectivity index (χ0n) is 15.0. The van der Waals surface area contributed by atoms with Crippen LogP contribution < -0.4 is 5.32 Å². The van der Waals surface area contributed by atoms with Crippen molar-refractivity contribution in [3.63, 3.8) is 0 Å². The summed E-state index contributed by atoms with van der Waals surface area (Å²) in [6, 6.07) is 17.0. The first-order valence-electron chi connectivity index (χ1n) is 8.90. The second-order valence-corrected chi connectivity index (χ2v) is 6.55. The van der Waals surface area contributed by atoms with Crippen LogP contribution in [0.4, 0.5) is 5.69 Å². The quantitative estimate of drug-likeness (QED) is 0.793. The molecular weight excluding hydrogens is 328 g/mol. The molecule has 136 valence electrons. The van der Waals surface area contributed by atoms with Crippen LogP contribution in [-0.2, 0) is 16.1 Å². The van der Waals surface area contributed by atoms with E-state index in [4.69, 9.17) is 4.74 Å². The van der Waals surface area contributed by atoms with Crippen molar-refractivity contribution in [3.8, 4) is 0 Å². The molecule has 3 rings (SSSR count). The largest absolute Gasteiger partial charge is 0.383 e. The molecule has 1 aliphatic carbocycles. The summed E-state index contributed by atoms with van der Waals surface area (Å²) >= 11 is 0. The molecule has 0 spiro atoms. The summed E-state index contributed by atoms with van der Waals surface area (Å²) in [7, 11) is 1.63. The number of hydrogen-bond donors (Lipinski definition) is 1. The molecule has 0 aromatic heterocycles. The Morgan fingerprint density at radius 1 is 1.08 bits per heavy atom. The summed E-state index contributed by atoms with van der Waals surface area (Å²) in [5.74, 6) is 0.174. The van der Waals surface area contributed by atoms with Crippen LogP contribution in [0, 0.1) is 5.92 Å². The lowest BCUT2D eigenvalue weighted by Crippen LogP contribution is -2.33. The Bertz CT molecular complexity index is 740. The van der Waals surface area contributed by atoms with Crippen molar-refractivity contribution in [2.24, 2.45) is 5.92 Å². The number of nitrogens with zero attached hydrogens (tertiary/aromatic N) is 1. The molecular formula is C21H24N2O3. The number of carbonyl (C=O) groups is 2. The summed E-state index contributed by atoms with van der Waals surface area (Å²) in [4.78, 5) is 26.5. The molecule has 0 saturated heterocycles. The summed E-state index contributed by atoms with van der Waals surface area (Å²) in [5, 5.41) is 2.89. The molecule has 26 heavy (non-hydrogen) atoms. The fraction of sp³-hybridized carbons (Fsp3) is 0.333. The zero-order valence-corrected chi connectivity index (χ0v) is 15.0. The van der Waals surface area contributed by atoms with Crippen LogP contribution >= 0.6 is 0 Å². The van der Waals surface area contributed by atoms with Gasteiger partial charge in [0.15, 0.2) is 0 Å². The predicted octanol–water partition coefficient (Wildman–Crippen LogP) is 3.32. The van der Waals surface area contributed by atoms with E-state index in [1.807, 2.05) is 30.3 Å². The van der Waals surface area contributed by atoms with Crippen molar-refractivity contribution in [3.05, 3.63) is 65.7 Å². The molecule has 2 aromatic carbocycles. The number of nitrogens with one attached hydrogen (secondary N) is 1. The van der Waals surface area contributed by atoms with Crippen molar-refractivity contribution < 1.29 is 14.3 Å². The lowest BCUT2D eigenvalue weighted by atomic mass is 10.1. The number of amides is 2. The van der Waals surface area contributed by atoms with Crippen molar-refractivity contribution in [2.75, 3.05) is 25.6 Å². The number of hydrogen-bond acceptors (Lipinski definition) is 3. The normalized spacial score (nSPS) is 13.3. The van der Waals surface area contributed by atoms with Gasteiger partial charge >= 0.3 is 0 Å². The van der Waals surface area contributed by atoms with Crippen molar-refractivity contribution >= 4 is 17.5 Å². The van der Waals surface area contributed by atoms with E-state index in [2.05, 4.69) is 5.32 Å². The Balaban J connectivity index is 1.67. The number of methoxy groups -OCH3 is 1. The third-order valence-corrected chi connectivity index (χ3v) is 4.42. The maximum absolute atomic E-state index is 12.9. The van der Waals surface area contributed by atoms with Crippen LogP contribution in [0.1, 0.15) is 28.8 Å². The number of anilines is 1. The van der Waals surface area contributed by atoms with Crippen molar-refractivity contribution in [1.82, 2.24) is 4.90 Å². The average molecular weight is 352 g/mol. The van der Waals surface area contributed by atoms with Crippen LogP contribution in [0.2, 0.25) is 0 Å². The van der Waals surface area contributed by atoms with Crippen LogP contribution in [0.25, 0.3) is 0 Å². The van der Waals surface area contributed by atoms with Gasteiger partial charge in [0.1, 0.15) is 0 Å². The average Bonchev–Trinajstić information content (AvgIpc) is 3.51. The SMILES string of the molecule is COCCN(Cc1ccccc1)C(=O)c1ccc(NC(=O)C2CC2)cc1. The van der Waals surface area contributed by atoms with E-state index in [9.17, 15) is 9.59 Å². The summed E-state index contributed by atoms with van der Waals surface area (Å²) < 4.78 is 5.15. The van der Waals surface area contributed by atoms with Gasteiger partial charge in [-0.25, -0.2) is 0 Å². The third kappa shape index (κ3) is 4.92. The van der Waals surface area contributed by atoms with Gasteiger partial charge in [0, 0.05) is 37.4 Å². The molecule has 1 aliphatic rings. The standard InChI is InChI=1S/C21H24N2O3/c1-26-14-13-23(15-16-5-3-2-4-6-16)21(25)18-9-11-19(12-10-18)22-20(24)17-7-8-17/h2-6,9-12,17H,7-8,13-15H2,1H3,(H,22,24). The maximum Gasteiger partial charge on any atom is 0.254 e. The molecule has 1 saturated carbocycles. The molecule has 5 nitrogen and oxygen atoms in total. The minimum atomic E-state index is -0.0500. The van der Waals surface area contributed by atoms with Gasteiger partial charge in [0.25, 0.3) is 5.91 Å². The maximum atomic E-state index is 12.9. The highest BCUT2D eigenvalue weighted by Gasteiger charge is 2.29. The van der Waals surface area contributed by atoms with E-state index in [0.29, 0.717) is 25.3 Å². The highest BCUT2D eigenvalue weighted by molar-refractivity contribution is 5.96. The fourth-order valence-electron chi connectivity index (χ4n) is 2.73. The number of rotatable bonds is 8. The monoisotopic (exact) mass is 352 g/mol. The molecule has 0 heterocycles. The predicted molar refractivity (Wildman–Crippen MR) is 101 cm³/mol. The van der Waals surface area contributed by atoms with Gasteiger partial charge in [-0.3, -0.25) is 9.59 Å². The lowest BCUT2D eigenvalue weighted by Gasteiger charge is -2.23. The van der Waals surface area contributed by atoms with Crippen LogP contribution in [0.5, 0.6) is 0 Å². The fourth-order valence-corrected chi connectivity index (χ4v) is 2.73. The van der Waals surface area contributed by atoms with Gasteiger partial charge in [0.05, 0.1) is 6.61 Å². The second-order valence-electron chi connectivity index (χ2n) is 6.55. The molecule has 1 fully saturated rings. The molecule has 0 atom stereocenters. The molecule has 0 bridgehead atoms. The summed E-state index contributed by atoms with van der Waals surface area (Å²) in [5.41, 5.74) is 2.40. The van der Waals surface area contributed by atoms with E-state index in [-0.39, 0.29) is 17.7 Å². The first-order valence-corrected chi connectivity index (χ1v) is 8.90. The Morgan fingerprint density at radius 3 is 2.38 bits per heavy atom. The van der Waals surface area contributed by atoms with Crippen molar-refractivity contribution in [1.29, 1.82) is 0 Å². The highest BCUT2D eigenvalue weighted by atomic mass is 16.5. The van der Waals surface area contributed by atoms with E-state index >= 15 is 0 Å². The van der Waals surface area contributed by atoms with E-state index in [0.717, 1.165) is 24.1 Å². The van der Waals surface area contributed by atoms with Gasteiger partial charge < -0.3 is 15.0 Å². The highest BCUT2D eigenvalue weighted by Crippen LogP contribution is 2.30. The van der Waals surface area contributed by atoms with Crippen LogP contribution in [0.3, 0.4) is 0 Å². The van der Waals surface area contributed by atoms with Gasteiger partial charge in [-0.1, -0.05) is 30.3 Å². The van der Waals surface area contributed by atoms with Gasteiger partial charge in [-0.2, -0.15) is 0 Å². The van der Waals surface area contributed by atoms with E-state index in [1.165, 1.54) is 0 Å². The van der Waals surface area contributed by atoms with Gasteiger partial charge in [-0.05, 0) is 42.7 Å². The second kappa shape index (κ2) is 8.63. The Labute approximate surface area is 154 Å². The zero-order chi connectivity index (χ0) is 18.4. The topological polar surface area (TPSA) is 58.6 Å². The number of carbonyl (C=O) groups excluding carboxylic acids is 2. The minimum absolute atomic E-state index is 0.0500. The number of ether oxygens (including phenoxy) is 1. The third-order valence-electron chi connectivity index (χ3n) is 4.42. The molecule has 0 aliphatic heterocycles. The van der Waals surface area contributed by atoms with Crippen LogP contribution in [-0.4, -0.2) is 37.0 Å². The van der Waals surface area contributed by atoms with Gasteiger partial charge in [0.2, 0.25) is 5.91 Å². The van der Waals surface area contributed by atoms with Gasteiger partial charge in [-0.15, -0.1) is 0 Å². The van der Waals surface area contributed by atoms with E-state index < -0.39 is 0 Å². The molecule has 2 amide bonds. The summed E-state index contributed by atoms with van der Waals surface area (Å²) in [6.45, 7) is 1.53. The summed E-state index contributed by atoms with van der Waals surface area (Å²) in [6.07, 6.45) is 1.94. The molecule has 0 radical (unpaired) electrons. The van der Waals surface area contributed by atoms with Crippen LogP contribution in [0.15, 0.2) is 54.6 Å². The number of benzene rings is 2. The Kier molecular flexibility index (Phi) is 6.02. The minimum Gasteiger partial charge on any atom is -0.383 e. The van der Waals surface area contributed by atoms with Crippen molar-refractivity contribution in [2.45, 2.75) is 19.4 Å². The molecule has 1 N–H and O–H groups in total. The molecule has 0 unspecified atom stereocenters. The Hall–Kier alpha value is -2.66. The smallest absolute Gasteiger partial charge is 0.254 e.